The van der Waals surface area contributed by atoms with Crippen molar-refractivity contribution in [2.45, 2.75) is 52.6 Å². The maximum absolute atomic E-state index is 12.2. The summed E-state index contributed by atoms with van der Waals surface area (Å²) >= 11 is 0. The molecule has 2 N–H and O–H groups in total. The van der Waals surface area contributed by atoms with E-state index < -0.39 is 12.0 Å². The van der Waals surface area contributed by atoms with Crippen LogP contribution in [-0.2, 0) is 4.79 Å². The highest BCUT2D eigenvalue weighted by Crippen LogP contribution is 2.14. The Morgan fingerprint density at radius 2 is 1.89 bits per heavy atom. The van der Waals surface area contributed by atoms with Crippen molar-refractivity contribution in [3.8, 4) is 0 Å². The van der Waals surface area contributed by atoms with Crippen molar-refractivity contribution in [2.24, 2.45) is 5.92 Å². The van der Waals surface area contributed by atoms with E-state index in [4.69, 9.17) is 5.11 Å². The summed E-state index contributed by atoms with van der Waals surface area (Å²) in [6.07, 6.45) is 2.04. The summed E-state index contributed by atoms with van der Waals surface area (Å²) in [6, 6.07) is -1.23. The monoisotopic (exact) mass is 270 g/mol. The third-order valence-corrected chi connectivity index (χ3v) is 2.67. The molecule has 5 nitrogen and oxygen atoms in total. The van der Waals surface area contributed by atoms with Crippen molar-refractivity contribution in [2.75, 3.05) is 6.54 Å². The lowest BCUT2D eigenvalue weighted by Crippen LogP contribution is -2.54. The fraction of sp³-hybridized carbons (Fsp3) is 0.714. The molecule has 0 aliphatic rings. The van der Waals surface area contributed by atoms with Crippen LogP contribution in [0.2, 0.25) is 0 Å². The van der Waals surface area contributed by atoms with Crippen molar-refractivity contribution in [1.29, 1.82) is 0 Å². The molecule has 1 atom stereocenters. The molecule has 0 aromatic carbocycles. The lowest BCUT2D eigenvalue weighted by molar-refractivity contribution is -0.139. The number of carboxylic acid groups (broad SMARTS) is 1. The molecule has 0 aliphatic carbocycles. The van der Waals surface area contributed by atoms with E-state index in [2.05, 4.69) is 11.9 Å². The molecule has 0 bridgehead atoms. The van der Waals surface area contributed by atoms with Gasteiger partial charge in [0.15, 0.2) is 0 Å². The van der Waals surface area contributed by atoms with Crippen LogP contribution in [0.3, 0.4) is 0 Å². The number of nitrogens with one attached hydrogen (secondary N) is 1. The second-order valence-corrected chi connectivity index (χ2v) is 6.04. The Balaban J connectivity index is 4.85. The van der Waals surface area contributed by atoms with E-state index in [-0.39, 0.29) is 17.5 Å². The van der Waals surface area contributed by atoms with E-state index in [9.17, 15) is 9.59 Å². The summed E-state index contributed by atoms with van der Waals surface area (Å²) in [6.45, 7) is 13.5. The van der Waals surface area contributed by atoms with E-state index in [0.29, 0.717) is 13.0 Å². The quantitative estimate of drug-likeness (QED) is 0.728. The van der Waals surface area contributed by atoms with E-state index in [1.165, 1.54) is 0 Å². The van der Waals surface area contributed by atoms with Gasteiger partial charge in [-0.05, 0) is 33.1 Å². The zero-order valence-corrected chi connectivity index (χ0v) is 12.6. The number of carbonyl (C=O) groups excluding carboxylic acids is 1. The largest absolute Gasteiger partial charge is 0.480 e. The van der Waals surface area contributed by atoms with E-state index in [1.807, 2.05) is 34.6 Å². The molecule has 2 amide bonds. The number of rotatable bonds is 6. The highest BCUT2D eigenvalue weighted by Gasteiger charge is 2.29. The number of amides is 2. The Kier molecular flexibility index (Phi) is 6.59. The van der Waals surface area contributed by atoms with Crippen LogP contribution in [0.5, 0.6) is 0 Å². The summed E-state index contributed by atoms with van der Waals surface area (Å²) in [5.41, 5.74) is -0.390. The molecule has 0 rings (SSSR count). The fourth-order valence-electron chi connectivity index (χ4n) is 1.71. The number of carboxylic acids is 1. The molecule has 0 fully saturated rings. The zero-order valence-electron chi connectivity index (χ0n) is 12.6. The molecular weight excluding hydrogens is 244 g/mol. The highest BCUT2D eigenvalue weighted by atomic mass is 16.4. The first-order valence-electron chi connectivity index (χ1n) is 6.51. The van der Waals surface area contributed by atoms with Crippen molar-refractivity contribution < 1.29 is 14.7 Å². The molecule has 0 heterocycles. The maximum Gasteiger partial charge on any atom is 0.326 e. The van der Waals surface area contributed by atoms with E-state index >= 15 is 0 Å². The van der Waals surface area contributed by atoms with Gasteiger partial charge in [-0.15, -0.1) is 6.58 Å². The number of nitrogens with zero attached hydrogens (tertiary/aromatic N) is 1. The number of aliphatic carboxylic acids is 1. The Morgan fingerprint density at radius 1 is 1.37 bits per heavy atom. The highest BCUT2D eigenvalue weighted by molar-refractivity contribution is 5.83. The second-order valence-electron chi connectivity index (χ2n) is 6.04. The molecule has 0 aromatic rings. The van der Waals surface area contributed by atoms with Gasteiger partial charge in [-0.25, -0.2) is 9.59 Å². The van der Waals surface area contributed by atoms with Crippen molar-refractivity contribution >= 4 is 12.0 Å². The molecule has 0 aliphatic heterocycles. The van der Waals surface area contributed by atoms with Gasteiger partial charge in [0.05, 0.1) is 0 Å². The van der Waals surface area contributed by atoms with Crippen LogP contribution in [-0.4, -0.2) is 40.1 Å². The molecular formula is C14H26N2O3. The predicted molar refractivity (Wildman–Crippen MR) is 76.1 cm³/mol. The van der Waals surface area contributed by atoms with Crippen LogP contribution in [0.15, 0.2) is 12.7 Å². The van der Waals surface area contributed by atoms with Gasteiger partial charge in [0, 0.05) is 12.1 Å². The number of hydrogen-bond acceptors (Lipinski definition) is 2. The smallest absolute Gasteiger partial charge is 0.326 e. The van der Waals surface area contributed by atoms with Crippen LogP contribution >= 0.6 is 0 Å². The molecule has 0 spiro atoms. The third-order valence-electron chi connectivity index (χ3n) is 2.67. The first-order chi connectivity index (χ1) is 8.59. The molecule has 0 saturated heterocycles. The number of hydrogen-bond donors (Lipinski definition) is 2. The van der Waals surface area contributed by atoms with Crippen molar-refractivity contribution in [1.82, 2.24) is 10.2 Å². The molecule has 110 valence electrons. The number of carbonyl (C=O) groups is 2. The summed E-state index contributed by atoms with van der Waals surface area (Å²) in [5, 5.41) is 11.7. The standard InChI is InChI=1S/C14H26N2O3/c1-7-8-16(14(4,5)6)13(19)15-11(12(17)18)9-10(2)3/h7,10-11H,1,8-9H2,2-6H3,(H,15,19)(H,17,18)/t11-/m1/s1. The van der Waals surface area contributed by atoms with Gasteiger partial charge in [-0.1, -0.05) is 19.9 Å². The topological polar surface area (TPSA) is 69.6 Å². The number of urea groups is 1. The second kappa shape index (κ2) is 7.16. The van der Waals surface area contributed by atoms with Crippen molar-refractivity contribution in [3.05, 3.63) is 12.7 Å². The lowest BCUT2D eigenvalue weighted by atomic mass is 10.0. The molecule has 0 radical (unpaired) electrons. The zero-order chi connectivity index (χ0) is 15.2. The van der Waals surface area contributed by atoms with Crippen molar-refractivity contribution in [3.63, 3.8) is 0 Å². The predicted octanol–water partition coefficient (Wildman–Crippen LogP) is 2.48. The molecule has 0 aromatic heterocycles. The summed E-state index contributed by atoms with van der Waals surface area (Å²) in [7, 11) is 0. The van der Waals surface area contributed by atoms with Gasteiger partial charge in [-0.2, -0.15) is 0 Å². The first-order valence-corrected chi connectivity index (χ1v) is 6.51. The minimum Gasteiger partial charge on any atom is -0.480 e. The molecule has 0 saturated carbocycles. The van der Waals surface area contributed by atoms with E-state index in [1.54, 1.807) is 11.0 Å². The van der Waals surface area contributed by atoms with Crippen LogP contribution < -0.4 is 5.32 Å². The Morgan fingerprint density at radius 3 is 2.21 bits per heavy atom. The van der Waals surface area contributed by atoms with Gasteiger partial charge < -0.3 is 15.3 Å². The Labute approximate surface area is 115 Å². The van der Waals surface area contributed by atoms with Gasteiger partial charge in [0.2, 0.25) is 0 Å². The fourth-order valence-corrected chi connectivity index (χ4v) is 1.71. The molecule has 19 heavy (non-hydrogen) atoms. The molecule has 5 heteroatoms. The summed E-state index contributed by atoms with van der Waals surface area (Å²) in [4.78, 5) is 24.9. The minimum atomic E-state index is -1.01. The van der Waals surface area contributed by atoms with Crippen LogP contribution in [0.4, 0.5) is 4.79 Å². The summed E-state index contributed by atoms with van der Waals surface area (Å²) in [5.74, 6) is -0.807. The van der Waals surface area contributed by atoms with Crippen LogP contribution in [0.25, 0.3) is 0 Å². The minimum absolute atomic E-state index is 0.198. The van der Waals surface area contributed by atoms with Gasteiger partial charge in [-0.3, -0.25) is 0 Å². The maximum atomic E-state index is 12.2. The first kappa shape index (κ1) is 17.5. The van der Waals surface area contributed by atoms with Gasteiger partial charge in [0.1, 0.15) is 6.04 Å². The van der Waals surface area contributed by atoms with E-state index in [0.717, 1.165) is 0 Å². The average molecular weight is 270 g/mol. The van der Waals surface area contributed by atoms with Gasteiger partial charge >= 0.3 is 12.0 Å². The lowest BCUT2D eigenvalue weighted by Gasteiger charge is -2.35. The Hall–Kier alpha value is -1.52. The van der Waals surface area contributed by atoms with Crippen LogP contribution in [0.1, 0.15) is 41.0 Å². The average Bonchev–Trinajstić information content (AvgIpc) is 2.22. The SMILES string of the molecule is C=CCN(C(=O)N[C@H](CC(C)C)C(=O)O)C(C)(C)C. The van der Waals surface area contributed by atoms with Gasteiger partial charge in [0.25, 0.3) is 0 Å². The third kappa shape index (κ3) is 6.27. The normalized spacial score (nSPS) is 12.9. The Bertz CT molecular complexity index is 332. The molecule has 0 unspecified atom stereocenters. The summed E-state index contributed by atoms with van der Waals surface area (Å²) < 4.78 is 0. The van der Waals surface area contributed by atoms with Crippen LogP contribution in [0, 0.1) is 5.92 Å².